The maximum Gasteiger partial charge on any atom is 0.256 e. The first-order valence-electron chi connectivity index (χ1n) is 6.48. The van der Waals surface area contributed by atoms with Gasteiger partial charge in [0.15, 0.2) is 9.84 Å². The lowest BCUT2D eigenvalue weighted by Gasteiger charge is -2.01. The molecule has 0 saturated heterocycles. The van der Waals surface area contributed by atoms with Gasteiger partial charge < -0.3 is 5.32 Å². The molecule has 1 amide bonds. The van der Waals surface area contributed by atoms with Gasteiger partial charge in [-0.05, 0) is 42.0 Å². The van der Waals surface area contributed by atoms with E-state index in [0.29, 0.717) is 16.3 Å². The number of anilines is 1. The third kappa shape index (κ3) is 2.77. The smallest absolute Gasteiger partial charge is 0.256 e. The number of rotatable bonds is 2. The van der Waals surface area contributed by atoms with Crippen LogP contribution in [0.25, 0.3) is 11.6 Å². The van der Waals surface area contributed by atoms with Crippen LogP contribution in [0.1, 0.15) is 11.1 Å². The van der Waals surface area contributed by atoms with E-state index < -0.39 is 9.84 Å². The van der Waals surface area contributed by atoms with Crippen molar-refractivity contribution in [3.8, 4) is 0 Å². The van der Waals surface area contributed by atoms with E-state index in [1.807, 2.05) is 0 Å². The van der Waals surface area contributed by atoms with E-state index in [4.69, 9.17) is 11.6 Å². The molecule has 4 nitrogen and oxygen atoms in total. The van der Waals surface area contributed by atoms with Crippen molar-refractivity contribution in [2.75, 3.05) is 11.6 Å². The Balaban J connectivity index is 2.03. The first-order chi connectivity index (χ1) is 10.3. The van der Waals surface area contributed by atoms with Crippen LogP contribution >= 0.6 is 11.6 Å². The Morgan fingerprint density at radius 3 is 2.41 bits per heavy atom. The Kier molecular flexibility index (Phi) is 3.54. The topological polar surface area (TPSA) is 63.2 Å². The minimum atomic E-state index is -3.23. The average Bonchev–Trinajstić information content (AvgIpc) is 2.75. The summed E-state index contributed by atoms with van der Waals surface area (Å²) in [6.45, 7) is 0. The first-order valence-corrected chi connectivity index (χ1v) is 8.74. The van der Waals surface area contributed by atoms with Crippen molar-refractivity contribution in [2.24, 2.45) is 0 Å². The fourth-order valence-electron chi connectivity index (χ4n) is 2.28. The minimum Gasteiger partial charge on any atom is -0.321 e. The summed E-state index contributed by atoms with van der Waals surface area (Å²) in [5, 5.41) is 3.32. The van der Waals surface area contributed by atoms with E-state index in [1.165, 1.54) is 12.1 Å². The van der Waals surface area contributed by atoms with Gasteiger partial charge in [-0.1, -0.05) is 23.7 Å². The molecule has 0 atom stereocenters. The summed E-state index contributed by atoms with van der Waals surface area (Å²) < 4.78 is 22.9. The first kappa shape index (κ1) is 14.8. The van der Waals surface area contributed by atoms with E-state index >= 15 is 0 Å². The van der Waals surface area contributed by atoms with Crippen LogP contribution in [0.4, 0.5) is 5.69 Å². The summed E-state index contributed by atoms with van der Waals surface area (Å²) in [5.74, 6) is -0.204. The fraction of sp³-hybridized carbons (Fsp3) is 0.0625. The minimum absolute atomic E-state index is 0.204. The Labute approximate surface area is 133 Å². The second kappa shape index (κ2) is 5.26. The largest absolute Gasteiger partial charge is 0.321 e. The number of amides is 1. The Hall–Kier alpha value is -2.11. The maximum atomic E-state index is 12.1. The number of carbonyl (C=O) groups excluding carboxylic acids is 1. The summed E-state index contributed by atoms with van der Waals surface area (Å²) in [4.78, 5) is 12.3. The summed E-state index contributed by atoms with van der Waals surface area (Å²) in [6, 6.07) is 11.6. The molecule has 112 valence electrons. The summed E-state index contributed by atoms with van der Waals surface area (Å²) in [5.41, 5.74) is 2.70. The molecule has 1 heterocycles. The molecule has 0 spiro atoms. The molecule has 2 aromatic rings. The van der Waals surface area contributed by atoms with Gasteiger partial charge in [-0.2, -0.15) is 0 Å². The van der Waals surface area contributed by atoms with Crippen molar-refractivity contribution in [3.63, 3.8) is 0 Å². The molecule has 1 N–H and O–H groups in total. The highest BCUT2D eigenvalue weighted by atomic mass is 35.5. The molecule has 0 aromatic heterocycles. The van der Waals surface area contributed by atoms with Crippen molar-refractivity contribution in [1.82, 2.24) is 0 Å². The second-order valence-electron chi connectivity index (χ2n) is 5.04. The summed E-state index contributed by atoms with van der Waals surface area (Å²) in [7, 11) is -3.23. The van der Waals surface area contributed by atoms with Crippen molar-refractivity contribution in [3.05, 3.63) is 58.6 Å². The van der Waals surface area contributed by atoms with Gasteiger partial charge in [0, 0.05) is 28.1 Å². The van der Waals surface area contributed by atoms with Crippen LogP contribution in [0.5, 0.6) is 0 Å². The van der Waals surface area contributed by atoms with Crippen LogP contribution in [0.15, 0.2) is 47.4 Å². The highest BCUT2D eigenvalue weighted by Crippen LogP contribution is 2.34. The van der Waals surface area contributed by atoms with Crippen molar-refractivity contribution in [1.29, 1.82) is 0 Å². The molecular formula is C16H12ClNO3S. The number of sulfone groups is 1. The van der Waals surface area contributed by atoms with Crippen molar-refractivity contribution < 1.29 is 13.2 Å². The predicted octanol–water partition coefficient (Wildman–Crippen LogP) is 3.24. The third-order valence-electron chi connectivity index (χ3n) is 3.38. The molecule has 6 heteroatoms. The molecule has 0 fully saturated rings. The normalized spacial score (nSPS) is 15.7. The standard InChI is InChI=1S/C16H12ClNO3S/c1-22(20,21)12-5-2-10(3-6-12)8-14-13-9-11(17)4-7-15(13)18-16(14)19/h2-9H,1H3,(H,18,19)/b14-8+. The molecule has 2 aromatic carbocycles. The summed E-state index contributed by atoms with van der Waals surface area (Å²) >= 11 is 5.98. The molecule has 0 radical (unpaired) electrons. The Morgan fingerprint density at radius 1 is 1.09 bits per heavy atom. The Morgan fingerprint density at radius 2 is 1.77 bits per heavy atom. The number of hydrogen-bond acceptors (Lipinski definition) is 3. The van der Waals surface area contributed by atoms with E-state index in [-0.39, 0.29) is 10.8 Å². The molecule has 1 aliphatic rings. The zero-order valence-electron chi connectivity index (χ0n) is 11.6. The lowest BCUT2D eigenvalue weighted by Crippen LogP contribution is -2.03. The number of hydrogen-bond donors (Lipinski definition) is 1. The molecule has 1 aliphatic heterocycles. The van der Waals surface area contributed by atoms with Gasteiger partial charge in [0.1, 0.15) is 0 Å². The molecule has 0 bridgehead atoms. The van der Waals surface area contributed by atoms with Gasteiger partial charge in [-0.25, -0.2) is 8.42 Å². The van der Waals surface area contributed by atoms with Crippen molar-refractivity contribution in [2.45, 2.75) is 4.90 Å². The predicted molar refractivity (Wildman–Crippen MR) is 87.5 cm³/mol. The monoisotopic (exact) mass is 333 g/mol. The molecular weight excluding hydrogens is 322 g/mol. The highest BCUT2D eigenvalue weighted by Gasteiger charge is 2.24. The molecule has 0 aliphatic carbocycles. The zero-order chi connectivity index (χ0) is 15.9. The fourth-order valence-corrected chi connectivity index (χ4v) is 3.08. The lowest BCUT2D eigenvalue weighted by atomic mass is 10.0. The van der Waals surface area contributed by atoms with E-state index in [2.05, 4.69) is 5.32 Å². The number of halogens is 1. The van der Waals surface area contributed by atoms with E-state index in [9.17, 15) is 13.2 Å². The maximum absolute atomic E-state index is 12.1. The van der Waals surface area contributed by atoms with Gasteiger partial charge in [-0.15, -0.1) is 0 Å². The number of benzene rings is 2. The summed E-state index contributed by atoms with van der Waals surface area (Å²) in [6.07, 6.45) is 2.87. The zero-order valence-corrected chi connectivity index (χ0v) is 13.2. The third-order valence-corrected chi connectivity index (χ3v) is 4.75. The quantitative estimate of drug-likeness (QED) is 0.858. The van der Waals surface area contributed by atoms with Gasteiger partial charge in [0.05, 0.1) is 4.90 Å². The highest BCUT2D eigenvalue weighted by molar-refractivity contribution is 7.90. The Bertz CT molecular complexity index is 899. The number of fused-ring (bicyclic) bond motifs is 1. The van der Waals surface area contributed by atoms with Gasteiger partial charge >= 0.3 is 0 Å². The lowest BCUT2D eigenvalue weighted by molar-refractivity contribution is -0.110. The molecule has 22 heavy (non-hydrogen) atoms. The van der Waals surface area contributed by atoms with Gasteiger partial charge in [-0.3, -0.25) is 4.79 Å². The molecule has 0 unspecified atom stereocenters. The van der Waals surface area contributed by atoms with Crippen LogP contribution in [-0.4, -0.2) is 20.6 Å². The molecule has 0 saturated carbocycles. The SMILES string of the molecule is CS(=O)(=O)c1ccc(/C=C2/C(=O)Nc3ccc(Cl)cc32)cc1. The van der Waals surface area contributed by atoms with Crippen molar-refractivity contribution >= 4 is 44.7 Å². The second-order valence-corrected chi connectivity index (χ2v) is 7.50. The van der Waals surface area contributed by atoms with Crippen LogP contribution in [-0.2, 0) is 14.6 Å². The van der Waals surface area contributed by atoms with E-state index in [0.717, 1.165) is 17.4 Å². The van der Waals surface area contributed by atoms with Crippen LogP contribution < -0.4 is 5.32 Å². The van der Waals surface area contributed by atoms with E-state index in [1.54, 1.807) is 36.4 Å². The van der Waals surface area contributed by atoms with Crippen LogP contribution in [0.2, 0.25) is 5.02 Å². The average molecular weight is 334 g/mol. The van der Waals surface area contributed by atoms with Gasteiger partial charge in [0.2, 0.25) is 0 Å². The van der Waals surface area contributed by atoms with Crippen LogP contribution in [0, 0.1) is 0 Å². The van der Waals surface area contributed by atoms with Gasteiger partial charge in [0.25, 0.3) is 5.91 Å². The number of carbonyl (C=O) groups is 1. The van der Waals surface area contributed by atoms with Crippen LogP contribution in [0.3, 0.4) is 0 Å². The number of nitrogens with one attached hydrogen (secondary N) is 1. The molecule has 3 rings (SSSR count).